The van der Waals surface area contributed by atoms with Crippen LogP contribution in [0.15, 0.2) is 54.6 Å². The number of carbonyl (C=O) groups is 2. The van der Waals surface area contributed by atoms with Gasteiger partial charge in [0.05, 0.1) is 12.2 Å². The Bertz CT molecular complexity index is 1240. The molecule has 8 heteroatoms. The Morgan fingerprint density at radius 3 is 2.67 bits per heavy atom. The second-order valence-corrected chi connectivity index (χ2v) is 8.69. The van der Waals surface area contributed by atoms with E-state index in [0.29, 0.717) is 28.0 Å². The molecule has 33 heavy (non-hydrogen) atoms. The summed E-state index contributed by atoms with van der Waals surface area (Å²) in [5.41, 5.74) is 4.14. The summed E-state index contributed by atoms with van der Waals surface area (Å²) in [4.78, 5) is 26.6. The molecule has 2 aromatic carbocycles. The smallest absolute Gasteiger partial charge is 0.331 e. The standard InChI is InChI=1S/C25H23Cl2N3O3/c1-16-13-18-7-4-6-10-22(18)30(16)23(31)15-33-24(32)12-11-20-17(2)28-29(25(20)27)14-19-8-3-5-9-21(19)26/h3-12,16H,13-15H2,1-2H3. The molecule has 1 unspecified atom stereocenters. The normalized spacial score (nSPS) is 15.2. The van der Waals surface area contributed by atoms with Gasteiger partial charge in [-0.2, -0.15) is 5.10 Å². The first-order valence-corrected chi connectivity index (χ1v) is 11.3. The van der Waals surface area contributed by atoms with Gasteiger partial charge in [-0.1, -0.05) is 59.6 Å². The number of halogens is 2. The summed E-state index contributed by atoms with van der Waals surface area (Å²) >= 11 is 12.7. The molecule has 2 heterocycles. The number of para-hydroxylation sites is 1. The molecule has 170 valence electrons. The lowest BCUT2D eigenvalue weighted by Gasteiger charge is -2.22. The molecule has 0 spiro atoms. The third kappa shape index (κ3) is 4.97. The lowest BCUT2D eigenvalue weighted by Crippen LogP contribution is -2.38. The number of ether oxygens (including phenoxy) is 1. The van der Waals surface area contributed by atoms with Crippen LogP contribution >= 0.6 is 23.2 Å². The van der Waals surface area contributed by atoms with E-state index in [1.165, 1.54) is 6.08 Å². The summed E-state index contributed by atoms with van der Waals surface area (Å²) in [5, 5.41) is 5.45. The van der Waals surface area contributed by atoms with Crippen LogP contribution in [-0.2, 0) is 27.3 Å². The molecule has 1 aromatic heterocycles. The highest BCUT2D eigenvalue weighted by Gasteiger charge is 2.30. The van der Waals surface area contributed by atoms with Crippen LogP contribution < -0.4 is 4.90 Å². The minimum absolute atomic E-state index is 0.0227. The summed E-state index contributed by atoms with van der Waals surface area (Å²) in [7, 11) is 0. The van der Waals surface area contributed by atoms with Crippen LogP contribution in [0.1, 0.15) is 29.3 Å². The number of aromatic nitrogens is 2. The summed E-state index contributed by atoms with van der Waals surface area (Å²) in [6, 6.07) is 15.2. The molecule has 0 aliphatic carbocycles. The Hall–Kier alpha value is -3.09. The lowest BCUT2D eigenvalue weighted by atomic mass is 10.1. The second-order valence-electron chi connectivity index (χ2n) is 7.93. The molecule has 0 fully saturated rings. The van der Waals surface area contributed by atoms with Crippen LogP contribution in [0.3, 0.4) is 0 Å². The van der Waals surface area contributed by atoms with E-state index in [0.717, 1.165) is 23.2 Å². The van der Waals surface area contributed by atoms with E-state index >= 15 is 0 Å². The van der Waals surface area contributed by atoms with Crippen molar-refractivity contribution in [3.8, 4) is 0 Å². The molecule has 0 saturated heterocycles. The molecule has 0 N–H and O–H groups in total. The van der Waals surface area contributed by atoms with Gasteiger partial charge in [0, 0.05) is 28.4 Å². The largest absolute Gasteiger partial charge is 0.452 e. The maximum atomic E-state index is 12.7. The van der Waals surface area contributed by atoms with Gasteiger partial charge in [-0.25, -0.2) is 9.48 Å². The van der Waals surface area contributed by atoms with Gasteiger partial charge < -0.3 is 9.64 Å². The van der Waals surface area contributed by atoms with Crippen molar-refractivity contribution >= 4 is 46.8 Å². The topological polar surface area (TPSA) is 64.4 Å². The van der Waals surface area contributed by atoms with Crippen LogP contribution in [-0.4, -0.2) is 34.3 Å². The zero-order chi connectivity index (χ0) is 23.5. The van der Waals surface area contributed by atoms with E-state index in [9.17, 15) is 9.59 Å². The Kier molecular flexibility index (Phi) is 6.86. The number of amides is 1. The number of hydrogen-bond acceptors (Lipinski definition) is 4. The minimum atomic E-state index is -0.627. The summed E-state index contributed by atoms with van der Waals surface area (Å²) in [6.07, 6.45) is 3.59. The number of aryl methyl sites for hydroxylation is 1. The molecule has 4 rings (SSSR count). The van der Waals surface area contributed by atoms with Crippen molar-refractivity contribution in [2.45, 2.75) is 32.9 Å². The summed E-state index contributed by atoms with van der Waals surface area (Å²) in [6.45, 7) is 3.85. The fraction of sp³-hybridized carbons (Fsp3) is 0.240. The molecule has 6 nitrogen and oxygen atoms in total. The first-order valence-electron chi connectivity index (χ1n) is 10.6. The molecule has 0 radical (unpaired) electrons. The van der Waals surface area contributed by atoms with E-state index in [1.807, 2.05) is 49.4 Å². The first kappa shape index (κ1) is 23.1. The summed E-state index contributed by atoms with van der Waals surface area (Å²) in [5.74, 6) is -0.881. The number of hydrogen-bond donors (Lipinski definition) is 0. The van der Waals surface area contributed by atoms with Crippen LogP contribution in [0, 0.1) is 6.92 Å². The van der Waals surface area contributed by atoms with Crippen LogP contribution in [0.2, 0.25) is 10.2 Å². The minimum Gasteiger partial charge on any atom is -0.452 e. The van der Waals surface area contributed by atoms with E-state index in [1.54, 1.807) is 28.6 Å². The number of benzene rings is 2. The van der Waals surface area contributed by atoms with Crippen molar-refractivity contribution in [2.24, 2.45) is 0 Å². The van der Waals surface area contributed by atoms with Gasteiger partial charge in [-0.05, 0) is 49.6 Å². The molecule has 0 saturated carbocycles. The monoisotopic (exact) mass is 483 g/mol. The number of carbonyl (C=O) groups excluding carboxylic acids is 2. The Morgan fingerprint density at radius 2 is 1.88 bits per heavy atom. The van der Waals surface area contributed by atoms with Crippen LogP contribution in [0.5, 0.6) is 0 Å². The van der Waals surface area contributed by atoms with Gasteiger partial charge in [0.25, 0.3) is 5.91 Å². The fourth-order valence-corrected chi connectivity index (χ4v) is 4.49. The lowest BCUT2D eigenvalue weighted by molar-refractivity contribution is -0.143. The van der Waals surface area contributed by atoms with E-state index < -0.39 is 5.97 Å². The molecule has 1 aliphatic rings. The number of anilines is 1. The van der Waals surface area contributed by atoms with Gasteiger partial charge in [-0.15, -0.1) is 0 Å². The quantitative estimate of drug-likeness (QED) is 0.362. The highest BCUT2D eigenvalue weighted by Crippen LogP contribution is 2.31. The Morgan fingerprint density at radius 1 is 1.15 bits per heavy atom. The van der Waals surface area contributed by atoms with Gasteiger partial charge >= 0.3 is 5.97 Å². The van der Waals surface area contributed by atoms with Crippen molar-refractivity contribution in [3.05, 3.63) is 87.2 Å². The van der Waals surface area contributed by atoms with E-state index in [4.69, 9.17) is 27.9 Å². The SMILES string of the molecule is Cc1nn(Cc2ccccc2Cl)c(Cl)c1C=CC(=O)OCC(=O)N1c2ccccc2CC1C. The summed E-state index contributed by atoms with van der Waals surface area (Å²) < 4.78 is 6.82. The first-order chi connectivity index (χ1) is 15.8. The number of nitrogens with zero attached hydrogens (tertiary/aromatic N) is 3. The van der Waals surface area contributed by atoms with Crippen molar-refractivity contribution in [1.29, 1.82) is 0 Å². The van der Waals surface area contributed by atoms with Gasteiger partial charge in [0.2, 0.25) is 0 Å². The highest BCUT2D eigenvalue weighted by atomic mass is 35.5. The highest BCUT2D eigenvalue weighted by molar-refractivity contribution is 6.32. The van der Waals surface area contributed by atoms with Crippen molar-refractivity contribution in [3.63, 3.8) is 0 Å². The third-order valence-electron chi connectivity index (χ3n) is 5.59. The maximum Gasteiger partial charge on any atom is 0.331 e. The molecular weight excluding hydrogens is 461 g/mol. The predicted molar refractivity (Wildman–Crippen MR) is 130 cm³/mol. The molecule has 1 atom stereocenters. The van der Waals surface area contributed by atoms with Crippen molar-refractivity contribution in [1.82, 2.24) is 9.78 Å². The Balaban J connectivity index is 1.39. The van der Waals surface area contributed by atoms with Crippen LogP contribution in [0.25, 0.3) is 6.08 Å². The number of fused-ring (bicyclic) bond motifs is 1. The molecule has 3 aromatic rings. The third-order valence-corrected chi connectivity index (χ3v) is 6.35. The zero-order valence-corrected chi connectivity index (χ0v) is 19.8. The maximum absolute atomic E-state index is 12.7. The number of rotatable bonds is 6. The molecule has 1 amide bonds. The molecular formula is C25H23Cl2N3O3. The zero-order valence-electron chi connectivity index (χ0n) is 18.3. The average Bonchev–Trinajstić information content (AvgIpc) is 3.27. The van der Waals surface area contributed by atoms with Gasteiger partial charge in [-0.3, -0.25) is 4.79 Å². The Labute approximate surface area is 202 Å². The van der Waals surface area contributed by atoms with Crippen molar-refractivity contribution in [2.75, 3.05) is 11.5 Å². The predicted octanol–water partition coefficient (Wildman–Crippen LogP) is 5.08. The fourth-order valence-electron chi connectivity index (χ4n) is 4.00. The average molecular weight is 484 g/mol. The van der Waals surface area contributed by atoms with E-state index in [-0.39, 0.29) is 18.6 Å². The van der Waals surface area contributed by atoms with E-state index in [2.05, 4.69) is 5.10 Å². The molecule has 1 aliphatic heterocycles. The van der Waals surface area contributed by atoms with Crippen molar-refractivity contribution < 1.29 is 14.3 Å². The number of esters is 1. The molecule has 0 bridgehead atoms. The second kappa shape index (κ2) is 9.81. The van der Waals surface area contributed by atoms with Gasteiger partial charge in [0.15, 0.2) is 6.61 Å². The van der Waals surface area contributed by atoms with Crippen LogP contribution in [0.4, 0.5) is 5.69 Å². The van der Waals surface area contributed by atoms with Gasteiger partial charge in [0.1, 0.15) is 5.15 Å².